The van der Waals surface area contributed by atoms with Gasteiger partial charge in [0.25, 0.3) is 5.91 Å². The summed E-state index contributed by atoms with van der Waals surface area (Å²) in [6.07, 6.45) is 12.6. The zero-order chi connectivity index (χ0) is 21.9. The van der Waals surface area contributed by atoms with E-state index in [1.165, 1.54) is 37.7 Å². The van der Waals surface area contributed by atoms with Gasteiger partial charge in [0.05, 0.1) is 29.5 Å². The van der Waals surface area contributed by atoms with E-state index in [4.69, 9.17) is 0 Å². The van der Waals surface area contributed by atoms with Crippen molar-refractivity contribution in [2.45, 2.75) is 45.2 Å². The van der Waals surface area contributed by atoms with Gasteiger partial charge in [-0.3, -0.25) is 9.89 Å². The molecule has 1 aliphatic carbocycles. The van der Waals surface area contributed by atoms with Crippen molar-refractivity contribution in [2.24, 2.45) is 5.92 Å². The van der Waals surface area contributed by atoms with E-state index in [9.17, 15) is 4.79 Å². The predicted molar refractivity (Wildman–Crippen MR) is 128 cm³/mol. The minimum atomic E-state index is -0.151. The van der Waals surface area contributed by atoms with Crippen LogP contribution in [0.25, 0.3) is 16.6 Å². The molecular formula is C24H27BrN6O. The molecule has 1 aliphatic rings. The van der Waals surface area contributed by atoms with E-state index in [0.717, 1.165) is 45.7 Å². The Morgan fingerprint density at radius 2 is 2.03 bits per heavy atom. The molecule has 0 saturated heterocycles. The smallest absolute Gasteiger partial charge is 0.252 e. The zero-order valence-electron chi connectivity index (χ0n) is 17.9. The number of nitrogens with one attached hydrogen (secondary N) is 3. The first-order valence-electron chi connectivity index (χ1n) is 11.2. The standard InChI is InChI=1S/C24H27BrN6O/c25-18-8-20(21-13-28-30-22(21)9-18)24(32)27-12-19-15-31-14-17(6-7-23(31)29-19)11-26-10-16-4-2-1-3-5-16/h6-9,13-16,26H,1-5,10-12H2,(H,27,32)(H,28,30). The van der Waals surface area contributed by atoms with Crippen molar-refractivity contribution < 1.29 is 4.79 Å². The molecule has 7 nitrogen and oxygen atoms in total. The Bertz CT molecular complexity index is 1240. The highest BCUT2D eigenvalue weighted by Crippen LogP contribution is 2.23. The Balaban J connectivity index is 1.21. The Kier molecular flexibility index (Phi) is 6.23. The van der Waals surface area contributed by atoms with Crippen LogP contribution >= 0.6 is 15.9 Å². The lowest BCUT2D eigenvalue weighted by atomic mass is 9.89. The molecule has 1 saturated carbocycles. The highest BCUT2D eigenvalue weighted by molar-refractivity contribution is 9.10. The van der Waals surface area contributed by atoms with Crippen LogP contribution in [-0.2, 0) is 13.1 Å². The van der Waals surface area contributed by atoms with E-state index < -0.39 is 0 Å². The van der Waals surface area contributed by atoms with E-state index in [0.29, 0.717) is 12.1 Å². The lowest BCUT2D eigenvalue weighted by Gasteiger charge is -2.21. The number of H-pyrrole nitrogens is 1. The molecule has 32 heavy (non-hydrogen) atoms. The van der Waals surface area contributed by atoms with Crippen molar-refractivity contribution in [2.75, 3.05) is 6.54 Å². The molecule has 3 aromatic heterocycles. The van der Waals surface area contributed by atoms with Crippen LogP contribution in [0.1, 0.15) is 53.7 Å². The van der Waals surface area contributed by atoms with Gasteiger partial charge in [-0.25, -0.2) is 4.98 Å². The Hall–Kier alpha value is -2.71. The van der Waals surface area contributed by atoms with Crippen LogP contribution < -0.4 is 10.6 Å². The number of hydrogen-bond donors (Lipinski definition) is 3. The molecule has 5 rings (SSSR count). The van der Waals surface area contributed by atoms with Crippen molar-refractivity contribution in [1.82, 2.24) is 30.2 Å². The predicted octanol–water partition coefficient (Wildman–Crippen LogP) is 4.57. The number of fused-ring (bicyclic) bond motifs is 2. The van der Waals surface area contributed by atoms with Crippen molar-refractivity contribution in [3.8, 4) is 0 Å². The number of hydrogen-bond acceptors (Lipinski definition) is 4. The number of aromatic amines is 1. The largest absolute Gasteiger partial charge is 0.346 e. The maximum Gasteiger partial charge on any atom is 0.252 e. The van der Waals surface area contributed by atoms with Gasteiger partial charge in [-0.05, 0) is 49.1 Å². The monoisotopic (exact) mass is 494 g/mol. The third kappa shape index (κ3) is 4.71. The van der Waals surface area contributed by atoms with E-state index in [-0.39, 0.29) is 5.91 Å². The fourth-order valence-corrected chi connectivity index (χ4v) is 5.02. The van der Waals surface area contributed by atoms with Crippen molar-refractivity contribution in [1.29, 1.82) is 0 Å². The summed E-state index contributed by atoms with van der Waals surface area (Å²) >= 11 is 3.45. The Morgan fingerprint density at radius 3 is 2.91 bits per heavy atom. The molecule has 0 bridgehead atoms. The summed E-state index contributed by atoms with van der Waals surface area (Å²) < 4.78 is 2.86. The van der Waals surface area contributed by atoms with Crippen LogP contribution in [0.3, 0.4) is 0 Å². The second kappa shape index (κ2) is 9.42. The van der Waals surface area contributed by atoms with Gasteiger partial charge in [0, 0.05) is 28.8 Å². The molecule has 0 unspecified atom stereocenters. The first-order chi connectivity index (χ1) is 15.7. The number of halogens is 1. The lowest BCUT2D eigenvalue weighted by molar-refractivity contribution is 0.0952. The number of nitrogens with zero attached hydrogens (tertiary/aromatic N) is 3. The maximum absolute atomic E-state index is 12.8. The van der Waals surface area contributed by atoms with Crippen LogP contribution in [0.4, 0.5) is 0 Å². The summed E-state index contributed by atoms with van der Waals surface area (Å²) in [6.45, 7) is 2.32. The van der Waals surface area contributed by atoms with Gasteiger partial charge in [-0.2, -0.15) is 5.10 Å². The van der Waals surface area contributed by atoms with Gasteiger partial charge in [-0.15, -0.1) is 0 Å². The number of carbonyl (C=O) groups is 1. The van der Waals surface area contributed by atoms with Crippen LogP contribution in [0.2, 0.25) is 0 Å². The molecular weight excluding hydrogens is 468 g/mol. The summed E-state index contributed by atoms with van der Waals surface area (Å²) in [6, 6.07) is 7.87. The Labute approximate surface area is 195 Å². The zero-order valence-corrected chi connectivity index (χ0v) is 19.5. The summed E-state index contributed by atoms with van der Waals surface area (Å²) in [5.74, 6) is 0.673. The van der Waals surface area contributed by atoms with Gasteiger partial charge >= 0.3 is 0 Å². The van der Waals surface area contributed by atoms with Crippen molar-refractivity contribution >= 4 is 38.4 Å². The number of benzene rings is 1. The second-order valence-corrected chi connectivity index (χ2v) is 9.55. The quantitative estimate of drug-likeness (QED) is 0.351. The first kappa shape index (κ1) is 21.2. The average molecular weight is 495 g/mol. The average Bonchev–Trinajstić information content (AvgIpc) is 3.43. The molecule has 3 N–H and O–H groups in total. The number of carbonyl (C=O) groups excluding carboxylic acids is 1. The topological polar surface area (TPSA) is 87.1 Å². The summed E-state index contributed by atoms with van der Waals surface area (Å²) in [4.78, 5) is 17.4. The van der Waals surface area contributed by atoms with Gasteiger partial charge in [0.1, 0.15) is 5.65 Å². The fourth-order valence-electron chi connectivity index (χ4n) is 4.56. The maximum atomic E-state index is 12.8. The Morgan fingerprint density at radius 1 is 1.16 bits per heavy atom. The molecule has 8 heteroatoms. The number of aromatic nitrogens is 4. The summed E-state index contributed by atoms with van der Waals surface area (Å²) in [5.41, 5.74) is 4.34. The highest BCUT2D eigenvalue weighted by Gasteiger charge is 2.14. The van der Waals surface area contributed by atoms with E-state index >= 15 is 0 Å². The SMILES string of the molecule is O=C(NCc1cn2cc(CNCC3CCCCC3)ccc2n1)c1cc(Br)cc2[nH]ncc12. The third-order valence-corrected chi connectivity index (χ3v) is 6.71. The third-order valence-electron chi connectivity index (χ3n) is 6.25. The molecule has 166 valence electrons. The lowest BCUT2D eigenvalue weighted by Crippen LogP contribution is -2.24. The summed E-state index contributed by atoms with van der Waals surface area (Å²) in [7, 11) is 0. The fraction of sp³-hybridized carbons (Fsp3) is 0.375. The van der Waals surface area contributed by atoms with Crippen LogP contribution in [0, 0.1) is 5.92 Å². The molecule has 1 amide bonds. The molecule has 0 radical (unpaired) electrons. The summed E-state index contributed by atoms with van der Waals surface area (Å²) in [5, 5.41) is 14.3. The normalized spacial score (nSPS) is 14.9. The van der Waals surface area contributed by atoms with Crippen LogP contribution in [0.15, 0.2) is 47.3 Å². The van der Waals surface area contributed by atoms with E-state index in [1.807, 2.05) is 28.8 Å². The number of amides is 1. The van der Waals surface area contributed by atoms with Crippen LogP contribution in [-0.4, -0.2) is 32.0 Å². The number of pyridine rings is 1. The van der Waals surface area contributed by atoms with Gasteiger partial charge in [0.15, 0.2) is 0 Å². The van der Waals surface area contributed by atoms with Crippen molar-refractivity contribution in [3.63, 3.8) is 0 Å². The second-order valence-electron chi connectivity index (χ2n) is 8.64. The van der Waals surface area contributed by atoms with Crippen molar-refractivity contribution in [3.05, 3.63) is 64.1 Å². The minimum absolute atomic E-state index is 0.151. The van der Waals surface area contributed by atoms with E-state index in [1.54, 1.807) is 6.20 Å². The molecule has 0 spiro atoms. The van der Waals surface area contributed by atoms with Gasteiger partial charge < -0.3 is 15.0 Å². The van der Waals surface area contributed by atoms with Gasteiger partial charge in [-0.1, -0.05) is 41.3 Å². The molecule has 4 aromatic rings. The molecule has 1 aromatic carbocycles. The first-order valence-corrected chi connectivity index (χ1v) is 12.0. The minimum Gasteiger partial charge on any atom is -0.346 e. The van der Waals surface area contributed by atoms with Gasteiger partial charge in [0.2, 0.25) is 0 Å². The number of rotatable bonds is 7. The molecule has 3 heterocycles. The molecule has 0 aliphatic heterocycles. The highest BCUT2D eigenvalue weighted by atomic mass is 79.9. The molecule has 1 fully saturated rings. The number of imidazole rings is 1. The van der Waals surface area contributed by atoms with E-state index in [2.05, 4.69) is 54.0 Å². The molecule has 0 atom stereocenters. The van der Waals surface area contributed by atoms with Crippen LogP contribution in [0.5, 0.6) is 0 Å².